The number of rotatable bonds is 5. The van der Waals surface area contributed by atoms with E-state index in [4.69, 9.17) is 5.11 Å². The summed E-state index contributed by atoms with van der Waals surface area (Å²) in [5, 5.41) is 18.9. The van der Waals surface area contributed by atoms with Crippen molar-refractivity contribution in [2.24, 2.45) is 5.92 Å². The number of aliphatic hydroxyl groups excluding tert-OH is 2. The van der Waals surface area contributed by atoms with Crippen LogP contribution in [0.2, 0.25) is 0 Å². The van der Waals surface area contributed by atoms with Crippen LogP contribution >= 0.6 is 0 Å². The minimum absolute atomic E-state index is 0.0570. The standard InChI is InChI=1S/C14H27NO2/c16-11-4-3-10-15-9-2-1-7-13(15)12-6-5-8-14(12)17/h12-14,16-17H,1-11H2. The van der Waals surface area contributed by atoms with Gasteiger partial charge in [0.1, 0.15) is 0 Å². The largest absolute Gasteiger partial charge is 0.396 e. The first-order chi connectivity index (χ1) is 8.33. The number of likely N-dealkylation sites (tertiary alicyclic amines) is 1. The van der Waals surface area contributed by atoms with E-state index >= 15 is 0 Å². The molecule has 0 bridgehead atoms. The molecule has 100 valence electrons. The maximum atomic E-state index is 10.1. The second-order valence-corrected chi connectivity index (χ2v) is 5.69. The van der Waals surface area contributed by atoms with Crippen LogP contribution in [0.1, 0.15) is 51.4 Å². The molecule has 3 atom stereocenters. The predicted molar refractivity (Wildman–Crippen MR) is 68.9 cm³/mol. The molecule has 1 heterocycles. The molecule has 0 aromatic heterocycles. The second kappa shape index (κ2) is 6.72. The van der Waals surface area contributed by atoms with E-state index in [1.165, 1.54) is 38.6 Å². The highest BCUT2D eigenvalue weighted by atomic mass is 16.3. The number of piperidine rings is 1. The van der Waals surface area contributed by atoms with Crippen molar-refractivity contribution in [2.45, 2.75) is 63.5 Å². The van der Waals surface area contributed by atoms with Gasteiger partial charge in [-0.3, -0.25) is 0 Å². The van der Waals surface area contributed by atoms with Gasteiger partial charge in [0.25, 0.3) is 0 Å². The van der Waals surface area contributed by atoms with Crippen molar-refractivity contribution >= 4 is 0 Å². The van der Waals surface area contributed by atoms with Crippen LogP contribution in [0.4, 0.5) is 0 Å². The molecule has 1 aliphatic carbocycles. The number of hydrogen-bond acceptors (Lipinski definition) is 3. The Morgan fingerprint density at radius 2 is 1.88 bits per heavy atom. The highest BCUT2D eigenvalue weighted by Gasteiger charge is 2.36. The van der Waals surface area contributed by atoms with Crippen LogP contribution in [0, 0.1) is 5.92 Å². The van der Waals surface area contributed by atoms with Crippen LogP contribution in [0.5, 0.6) is 0 Å². The van der Waals surface area contributed by atoms with Crippen LogP contribution in [0.3, 0.4) is 0 Å². The summed E-state index contributed by atoms with van der Waals surface area (Å²) in [7, 11) is 0. The van der Waals surface area contributed by atoms with Crippen LogP contribution in [0.15, 0.2) is 0 Å². The molecule has 17 heavy (non-hydrogen) atoms. The fourth-order valence-corrected chi connectivity index (χ4v) is 3.62. The Morgan fingerprint density at radius 1 is 1.00 bits per heavy atom. The Kier molecular flexibility index (Phi) is 5.26. The van der Waals surface area contributed by atoms with Crippen molar-refractivity contribution in [1.82, 2.24) is 4.90 Å². The minimum atomic E-state index is -0.0570. The van der Waals surface area contributed by atoms with Crippen LogP contribution in [-0.2, 0) is 0 Å². The maximum absolute atomic E-state index is 10.1. The lowest BCUT2D eigenvalue weighted by molar-refractivity contribution is 0.0341. The van der Waals surface area contributed by atoms with Crippen LogP contribution < -0.4 is 0 Å². The first kappa shape index (κ1) is 13.3. The summed E-state index contributed by atoms with van der Waals surface area (Å²) < 4.78 is 0. The molecule has 0 spiro atoms. The molecule has 1 saturated carbocycles. The molecule has 1 saturated heterocycles. The zero-order valence-corrected chi connectivity index (χ0v) is 10.9. The first-order valence-electron chi connectivity index (χ1n) is 7.36. The van der Waals surface area contributed by atoms with Gasteiger partial charge in [0.05, 0.1) is 6.10 Å². The lowest BCUT2D eigenvalue weighted by Crippen LogP contribution is -2.46. The third kappa shape index (κ3) is 3.43. The summed E-state index contributed by atoms with van der Waals surface area (Å²) in [5.74, 6) is 0.518. The minimum Gasteiger partial charge on any atom is -0.396 e. The highest BCUT2D eigenvalue weighted by Crippen LogP contribution is 2.35. The van der Waals surface area contributed by atoms with E-state index in [0.29, 0.717) is 18.6 Å². The molecule has 3 heteroatoms. The molecule has 1 aliphatic heterocycles. The highest BCUT2D eigenvalue weighted by molar-refractivity contribution is 4.90. The van der Waals surface area contributed by atoms with Gasteiger partial charge in [-0.25, -0.2) is 0 Å². The molecular formula is C14H27NO2. The van der Waals surface area contributed by atoms with Crippen molar-refractivity contribution in [1.29, 1.82) is 0 Å². The summed E-state index contributed by atoms with van der Waals surface area (Å²) in [6.07, 6.45) is 9.26. The zero-order valence-electron chi connectivity index (χ0n) is 10.9. The van der Waals surface area contributed by atoms with Crippen molar-refractivity contribution < 1.29 is 10.2 Å². The summed E-state index contributed by atoms with van der Waals surface area (Å²) in [4.78, 5) is 2.58. The van der Waals surface area contributed by atoms with Gasteiger partial charge < -0.3 is 15.1 Å². The Morgan fingerprint density at radius 3 is 2.59 bits per heavy atom. The molecule has 2 rings (SSSR count). The van der Waals surface area contributed by atoms with Crippen LogP contribution in [-0.4, -0.2) is 47.0 Å². The number of nitrogens with zero attached hydrogens (tertiary/aromatic N) is 1. The molecule has 2 fully saturated rings. The Labute approximate surface area is 105 Å². The van der Waals surface area contributed by atoms with Gasteiger partial charge >= 0.3 is 0 Å². The van der Waals surface area contributed by atoms with E-state index in [9.17, 15) is 5.11 Å². The average molecular weight is 241 g/mol. The molecule has 0 radical (unpaired) electrons. The molecule has 3 nitrogen and oxygen atoms in total. The van der Waals surface area contributed by atoms with E-state index in [2.05, 4.69) is 4.90 Å². The zero-order chi connectivity index (χ0) is 12.1. The van der Waals surface area contributed by atoms with Gasteiger partial charge in [-0.15, -0.1) is 0 Å². The monoisotopic (exact) mass is 241 g/mol. The van der Waals surface area contributed by atoms with Gasteiger partial charge in [0.15, 0.2) is 0 Å². The average Bonchev–Trinajstić information content (AvgIpc) is 2.76. The third-order valence-corrected chi connectivity index (χ3v) is 4.54. The van der Waals surface area contributed by atoms with E-state index in [1.54, 1.807) is 0 Å². The van der Waals surface area contributed by atoms with Gasteiger partial charge in [-0.05, 0) is 51.6 Å². The van der Waals surface area contributed by atoms with Gasteiger partial charge in [0.2, 0.25) is 0 Å². The predicted octanol–water partition coefficient (Wildman–Crippen LogP) is 1.77. The summed E-state index contributed by atoms with van der Waals surface area (Å²) in [6, 6.07) is 0.611. The van der Waals surface area contributed by atoms with Crippen molar-refractivity contribution in [3.05, 3.63) is 0 Å². The Balaban J connectivity index is 1.87. The molecular weight excluding hydrogens is 214 g/mol. The molecule has 0 amide bonds. The summed E-state index contributed by atoms with van der Waals surface area (Å²) in [6.45, 7) is 2.61. The van der Waals surface area contributed by atoms with E-state index in [1.807, 2.05) is 0 Å². The normalized spacial score (nSPS) is 35.3. The SMILES string of the molecule is OCCCCN1CCCCC1C1CCCC1O. The fourth-order valence-electron chi connectivity index (χ4n) is 3.62. The van der Waals surface area contributed by atoms with Crippen molar-refractivity contribution in [3.63, 3.8) is 0 Å². The van der Waals surface area contributed by atoms with Gasteiger partial charge in [-0.1, -0.05) is 12.8 Å². The lowest BCUT2D eigenvalue weighted by atomic mass is 9.87. The molecule has 0 aromatic rings. The van der Waals surface area contributed by atoms with E-state index in [0.717, 1.165) is 25.8 Å². The fraction of sp³-hybridized carbons (Fsp3) is 1.00. The number of unbranched alkanes of at least 4 members (excludes halogenated alkanes) is 1. The Bertz CT molecular complexity index is 222. The summed E-state index contributed by atoms with van der Waals surface area (Å²) in [5.41, 5.74) is 0. The Hall–Kier alpha value is -0.120. The maximum Gasteiger partial charge on any atom is 0.0583 e. The van der Waals surface area contributed by atoms with Crippen molar-refractivity contribution in [3.8, 4) is 0 Å². The molecule has 3 unspecified atom stereocenters. The number of hydrogen-bond donors (Lipinski definition) is 2. The second-order valence-electron chi connectivity index (χ2n) is 5.69. The van der Waals surface area contributed by atoms with Crippen LogP contribution in [0.25, 0.3) is 0 Å². The van der Waals surface area contributed by atoms with E-state index < -0.39 is 0 Å². The van der Waals surface area contributed by atoms with Crippen molar-refractivity contribution in [2.75, 3.05) is 19.7 Å². The smallest absolute Gasteiger partial charge is 0.0583 e. The lowest BCUT2D eigenvalue weighted by Gasteiger charge is -2.40. The summed E-state index contributed by atoms with van der Waals surface area (Å²) >= 11 is 0. The topological polar surface area (TPSA) is 43.7 Å². The molecule has 2 N–H and O–H groups in total. The molecule has 0 aromatic carbocycles. The number of aliphatic hydroxyl groups is 2. The first-order valence-corrected chi connectivity index (χ1v) is 7.36. The van der Waals surface area contributed by atoms with Gasteiger partial charge in [-0.2, -0.15) is 0 Å². The van der Waals surface area contributed by atoms with E-state index in [-0.39, 0.29) is 6.10 Å². The van der Waals surface area contributed by atoms with Gasteiger partial charge in [0, 0.05) is 18.6 Å². The molecule has 2 aliphatic rings. The third-order valence-electron chi connectivity index (χ3n) is 4.54. The quantitative estimate of drug-likeness (QED) is 0.721.